The topological polar surface area (TPSA) is 118 Å². The van der Waals surface area contributed by atoms with Gasteiger partial charge in [0.15, 0.2) is 9.84 Å². The third-order valence-corrected chi connectivity index (χ3v) is 6.42. The minimum atomic E-state index is -3.52. The van der Waals surface area contributed by atoms with E-state index in [-0.39, 0.29) is 24.5 Å². The predicted molar refractivity (Wildman–Crippen MR) is 65.9 cm³/mol. The van der Waals surface area contributed by atoms with Crippen LogP contribution in [0.15, 0.2) is 0 Å². The largest absolute Gasteiger partial charge is 0.329 e. The molecule has 0 amide bonds. The van der Waals surface area contributed by atoms with Crippen LogP contribution in [0.5, 0.6) is 0 Å². The first-order chi connectivity index (χ1) is 7.87. The molecule has 0 bridgehead atoms. The maximum atomic E-state index is 11.7. The van der Waals surface area contributed by atoms with Crippen molar-refractivity contribution in [1.82, 2.24) is 10.0 Å². The molecule has 0 aromatic heterocycles. The van der Waals surface area contributed by atoms with E-state index in [0.717, 1.165) is 0 Å². The lowest BCUT2D eigenvalue weighted by Gasteiger charge is -2.11. The number of sulfone groups is 1. The van der Waals surface area contributed by atoms with E-state index in [2.05, 4.69) is 10.0 Å². The Hall–Kier alpha value is -0.220. The summed E-state index contributed by atoms with van der Waals surface area (Å²) in [5.41, 5.74) is 5.26. The molecule has 1 aliphatic rings. The molecule has 1 aliphatic heterocycles. The van der Waals surface area contributed by atoms with Crippen LogP contribution in [-0.4, -0.2) is 59.8 Å². The van der Waals surface area contributed by atoms with E-state index in [4.69, 9.17) is 5.73 Å². The van der Waals surface area contributed by atoms with Gasteiger partial charge in [-0.25, -0.2) is 21.6 Å². The lowest BCUT2D eigenvalue weighted by atomic mass is 10.4. The summed E-state index contributed by atoms with van der Waals surface area (Å²) in [6, 6.07) is 0. The van der Waals surface area contributed by atoms with Gasteiger partial charge in [0.05, 0.1) is 16.8 Å². The van der Waals surface area contributed by atoms with Gasteiger partial charge >= 0.3 is 0 Å². The van der Waals surface area contributed by atoms with Gasteiger partial charge in [-0.1, -0.05) is 0 Å². The Morgan fingerprint density at radius 3 is 2.47 bits per heavy atom. The Kier molecular flexibility index (Phi) is 5.32. The van der Waals surface area contributed by atoms with E-state index in [1.54, 1.807) is 0 Å². The highest BCUT2D eigenvalue weighted by atomic mass is 32.2. The predicted octanol–water partition coefficient (Wildman–Crippen LogP) is -2.36. The Labute approximate surface area is 102 Å². The second-order valence-electron chi connectivity index (χ2n) is 4.00. The lowest BCUT2D eigenvalue weighted by molar-refractivity contribution is 0.563. The fourth-order valence-electron chi connectivity index (χ4n) is 1.63. The van der Waals surface area contributed by atoms with Crippen molar-refractivity contribution in [3.63, 3.8) is 0 Å². The number of sulfonamides is 1. The van der Waals surface area contributed by atoms with Crippen LogP contribution in [0.4, 0.5) is 0 Å². The van der Waals surface area contributed by atoms with Crippen molar-refractivity contribution in [2.75, 3.05) is 37.7 Å². The molecule has 17 heavy (non-hydrogen) atoms. The van der Waals surface area contributed by atoms with E-state index in [1.807, 2.05) is 0 Å². The summed E-state index contributed by atoms with van der Waals surface area (Å²) in [4.78, 5) is 0. The standard InChI is InChI=1S/C8H19N3O4S2/c9-2-3-10-4-5-11-17(14,15)8-1-6-16(12,13)7-8/h8,10-11H,1-7,9H2. The molecule has 7 nitrogen and oxygen atoms in total. The van der Waals surface area contributed by atoms with Crippen molar-refractivity contribution < 1.29 is 16.8 Å². The molecule has 0 aliphatic carbocycles. The van der Waals surface area contributed by atoms with Crippen LogP contribution in [0, 0.1) is 0 Å². The van der Waals surface area contributed by atoms with Crippen molar-refractivity contribution >= 4 is 19.9 Å². The summed E-state index contributed by atoms with van der Waals surface area (Å²) in [5, 5.41) is 2.14. The van der Waals surface area contributed by atoms with Crippen LogP contribution in [0.1, 0.15) is 6.42 Å². The molecule has 1 atom stereocenters. The zero-order valence-electron chi connectivity index (χ0n) is 9.55. The maximum absolute atomic E-state index is 11.7. The molecule has 1 heterocycles. The van der Waals surface area contributed by atoms with Crippen LogP contribution in [0.2, 0.25) is 0 Å². The van der Waals surface area contributed by atoms with Gasteiger partial charge in [-0.15, -0.1) is 0 Å². The van der Waals surface area contributed by atoms with Gasteiger partial charge < -0.3 is 11.1 Å². The summed E-state index contributed by atoms with van der Waals surface area (Å²) in [5.74, 6) is -0.303. The highest BCUT2D eigenvalue weighted by molar-refractivity contribution is 7.95. The number of nitrogens with two attached hydrogens (primary N) is 1. The molecule has 1 unspecified atom stereocenters. The third-order valence-electron chi connectivity index (χ3n) is 2.56. The molecule has 4 N–H and O–H groups in total. The van der Waals surface area contributed by atoms with Crippen molar-refractivity contribution in [1.29, 1.82) is 0 Å². The molecule has 1 saturated heterocycles. The zero-order valence-corrected chi connectivity index (χ0v) is 11.2. The first-order valence-corrected chi connectivity index (χ1v) is 8.84. The number of rotatable bonds is 7. The Morgan fingerprint density at radius 2 is 1.94 bits per heavy atom. The molecule has 1 rings (SSSR count). The van der Waals surface area contributed by atoms with Crippen LogP contribution < -0.4 is 15.8 Å². The third kappa shape index (κ3) is 4.88. The van der Waals surface area contributed by atoms with Gasteiger partial charge in [0.1, 0.15) is 0 Å². The van der Waals surface area contributed by atoms with Gasteiger partial charge in [-0.05, 0) is 6.42 Å². The second-order valence-corrected chi connectivity index (χ2v) is 8.28. The molecule has 0 spiro atoms. The van der Waals surface area contributed by atoms with Crippen molar-refractivity contribution in [2.24, 2.45) is 5.73 Å². The molecular weight excluding hydrogens is 266 g/mol. The quantitative estimate of drug-likeness (QED) is 0.450. The van der Waals surface area contributed by atoms with Gasteiger partial charge in [0.2, 0.25) is 10.0 Å². The summed E-state index contributed by atoms with van der Waals surface area (Å²) in [7, 11) is -6.69. The Morgan fingerprint density at radius 1 is 1.24 bits per heavy atom. The summed E-state index contributed by atoms with van der Waals surface area (Å²) in [6.45, 7) is 1.85. The van der Waals surface area contributed by atoms with Gasteiger partial charge in [0.25, 0.3) is 0 Å². The summed E-state index contributed by atoms with van der Waals surface area (Å²) in [6.07, 6.45) is 0.188. The minimum absolute atomic E-state index is 0.0377. The number of nitrogens with one attached hydrogen (secondary N) is 2. The fraction of sp³-hybridized carbons (Fsp3) is 1.00. The van der Waals surface area contributed by atoms with Crippen molar-refractivity contribution in [2.45, 2.75) is 11.7 Å². The monoisotopic (exact) mass is 285 g/mol. The van der Waals surface area contributed by atoms with Gasteiger partial charge in [-0.2, -0.15) is 0 Å². The van der Waals surface area contributed by atoms with Gasteiger partial charge in [-0.3, -0.25) is 0 Å². The van der Waals surface area contributed by atoms with Crippen LogP contribution in [0.3, 0.4) is 0 Å². The van der Waals surface area contributed by atoms with E-state index < -0.39 is 25.1 Å². The molecule has 0 aromatic rings. The zero-order chi connectivity index (χ0) is 12.9. The SMILES string of the molecule is NCCNCCNS(=O)(=O)C1CCS(=O)(=O)C1. The molecular formula is C8H19N3O4S2. The molecule has 102 valence electrons. The number of hydrogen-bond acceptors (Lipinski definition) is 6. The highest BCUT2D eigenvalue weighted by Crippen LogP contribution is 2.17. The van der Waals surface area contributed by atoms with E-state index in [1.165, 1.54) is 0 Å². The molecule has 1 fully saturated rings. The molecule has 9 heteroatoms. The highest BCUT2D eigenvalue weighted by Gasteiger charge is 2.36. The Bertz CT molecular complexity index is 432. The van der Waals surface area contributed by atoms with Crippen molar-refractivity contribution in [3.8, 4) is 0 Å². The van der Waals surface area contributed by atoms with Crippen LogP contribution in [0.25, 0.3) is 0 Å². The smallest absolute Gasteiger partial charge is 0.215 e. The van der Waals surface area contributed by atoms with Gasteiger partial charge in [0, 0.05) is 26.2 Å². The molecule has 0 saturated carbocycles. The van der Waals surface area contributed by atoms with Crippen molar-refractivity contribution in [3.05, 3.63) is 0 Å². The minimum Gasteiger partial charge on any atom is -0.329 e. The summed E-state index contributed by atoms with van der Waals surface area (Å²) >= 11 is 0. The average Bonchev–Trinajstić information content (AvgIpc) is 2.59. The van der Waals surface area contributed by atoms with Crippen LogP contribution >= 0.6 is 0 Å². The van der Waals surface area contributed by atoms with E-state index in [9.17, 15) is 16.8 Å². The van der Waals surface area contributed by atoms with Crippen LogP contribution in [-0.2, 0) is 19.9 Å². The normalized spacial score (nSPS) is 23.9. The van der Waals surface area contributed by atoms with E-state index >= 15 is 0 Å². The van der Waals surface area contributed by atoms with E-state index in [0.29, 0.717) is 19.6 Å². The number of hydrogen-bond donors (Lipinski definition) is 3. The average molecular weight is 285 g/mol. The maximum Gasteiger partial charge on any atom is 0.215 e. The lowest BCUT2D eigenvalue weighted by Crippen LogP contribution is -2.39. The molecule has 0 radical (unpaired) electrons. The first-order valence-electron chi connectivity index (χ1n) is 5.47. The first kappa shape index (κ1) is 14.8. The summed E-state index contributed by atoms with van der Waals surface area (Å²) < 4.78 is 48.2. The molecule has 0 aromatic carbocycles. The fourth-order valence-corrected chi connectivity index (χ4v) is 5.71. The Balaban J connectivity index is 2.37. The second kappa shape index (κ2) is 6.10.